The van der Waals surface area contributed by atoms with Crippen LogP contribution in [0.25, 0.3) is 0 Å². The van der Waals surface area contributed by atoms with Crippen molar-refractivity contribution in [1.29, 1.82) is 0 Å². The third-order valence-corrected chi connectivity index (χ3v) is 4.92. The van der Waals surface area contributed by atoms with Gasteiger partial charge in [0.1, 0.15) is 0 Å². The molecule has 0 radical (unpaired) electrons. The lowest BCUT2D eigenvalue weighted by Crippen LogP contribution is -2.25. The smallest absolute Gasteiger partial charge is 0.224 e. The fourth-order valence-corrected chi connectivity index (χ4v) is 3.56. The van der Waals surface area contributed by atoms with Crippen molar-refractivity contribution in [3.8, 4) is 0 Å². The standard InChI is InChI=1S/C17H22N2O3S/c1-2-11-18-23(21,22)13-15-7-9-16(10-8-15)19-17(20)12-14-5-3-4-6-14/h2-3,5,7-10,14,18H,1,4,6,11-13H2,(H,19,20)/t14-/m0/s1. The zero-order valence-corrected chi connectivity index (χ0v) is 13.8. The second-order valence-corrected chi connectivity index (χ2v) is 7.42. The maximum atomic E-state index is 11.9. The molecular weight excluding hydrogens is 312 g/mol. The molecule has 1 aromatic carbocycles. The van der Waals surface area contributed by atoms with Crippen molar-refractivity contribution < 1.29 is 13.2 Å². The zero-order valence-electron chi connectivity index (χ0n) is 13.0. The van der Waals surface area contributed by atoms with E-state index >= 15 is 0 Å². The van der Waals surface area contributed by atoms with E-state index < -0.39 is 10.0 Å². The number of carbonyl (C=O) groups excluding carboxylic acids is 1. The van der Waals surface area contributed by atoms with E-state index in [-0.39, 0.29) is 18.2 Å². The molecule has 0 fully saturated rings. The number of sulfonamides is 1. The summed E-state index contributed by atoms with van der Waals surface area (Å²) in [7, 11) is -3.36. The molecule has 1 aliphatic carbocycles. The van der Waals surface area contributed by atoms with Crippen molar-refractivity contribution in [2.24, 2.45) is 5.92 Å². The van der Waals surface area contributed by atoms with Crippen LogP contribution in [0.3, 0.4) is 0 Å². The summed E-state index contributed by atoms with van der Waals surface area (Å²) < 4.78 is 26.0. The minimum Gasteiger partial charge on any atom is -0.326 e. The summed E-state index contributed by atoms with van der Waals surface area (Å²) in [6.45, 7) is 3.69. The van der Waals surface area contributed by atoms with Crippen molar-refractivity contribution in [1.82, 2.24) is 4.72 Å². The largest absolute Gasteiger partial charge is 0.326 e. The van der Waals surface area contributed by atoms with Gasteiger partial charge in [-0.3, -0.25) is 4.79 Å². The Hall–Kier alpha value is -1.92. The number of allylic oxidation sites excluding steroid dienone is 2. The van der Waals surface area contributed by atoms with Crippen molar-refractivity contribution in [3.63, 3.8) is 0 Å². The quantitative estimate of drug-likeness (QED) is 0.718. The van der Waals surface area contributed by atoms with Crippen LogP contribution < -0.4 is 10.0 Å². The van der Waals surface area contributed by atoms with Crippen LogP contribution in [-0.2, 0) is 20.6 Å². The number of nitrogens with one attached hydrogen (secondary N) is 2. The predicted octanol–water partition coefficient (Wildman–Crippen LogP) is 2.59. The molecule has 0 aromatic heterocycles. The molecule has 1 aliphatic rings. The summed E-state index contributed by atoms with van der Waals surface area (Å²) in [6, 6.07) is 6.86. The van der Waals surface area contributed by atoms with Crippen molar-refractivity contribution in [3.05, 3.63) is 54.6 Å². The first-order chi connectivity index (χ1) is 11.0. The second kappa shape index (κ2) is 8.08. The maximum Gasteiger partial charge on any atom is 0.224 e. The highest BCUT2D eigenvalue weighted by Crippen LogP contribution is 2.21. The molecule has 2 N–H and O–H groups in total. The molecule has 23 heavy (non-hydrogen) atoms. The van der Waals surface area contributed by atoms with Gasteiger partial charge in [-0.2, -0.15) is 0 Å². The van der Waals surface area contributed by atoms with Gasteiger partial charge >= 0.3 is 0 Å². The molecule has 0 saturated heterocycles. The number of hydrogen-bond donors (Lipinski definition) is 2. The molecule has 0 bridgehead atoms. The van der Waals surface area contributed by atoms with E-state index in [2.05, 4.69) is 28.8 Å². The zero-order chi connectivity index (χ0) is 16.7. The highest BCUT2D eigenvalue weighted by Gasteiger charge is 2.14. The summed E-state index contributed by atoms with van der Waals surface area (Å²) in [5.74, 6) is 0.215. The Morgan fingerprint density at radius 3 is 2.65 bits per heavy atom. The number of anilines is 1. The third-order valence-electron chi connectivity index (χ3n) is 3.60. The van der Waals surface area contributed by atoms with Crippen LogP contribution in [-0.4, -0.2) is 20.9 Å². The molecule has 1 amide bonds. The highest BCUT2D eigenvalue weighted by molar-refractivity contribution is 7.88. The lowest BCUT2D eigenvalue weighted by Gasteiger charge is -2.10. The Labute approximate surface area is 137 Å². The normalized spacial score (nSPS) is 17.1. The molecule has 2 rings (SSSR count). The SMILES string of the molecule is C=CCNS(=O)(=O)Cc1ccc(NC(=O)C[C@H]2C=CCC2)cc1. The van der Waals surface area contributed by atoms with Gasteiger partial charge in [0, 0.05) is 18.7 Å². The van der Waals surface area contributed by atoms with Gasteiger partial charge in [0.15, 0.2) is 0 Å². The van der Waals surface area contributed by atoms with Gasteiger partial charge in [-0.15, -0.1) is 6.58 Å². The van der Waals surface area contributed by atoms with E-state index in [4.69, 9.17) is 0 Å². The summed E-state index contributed by atoms with van der Waals surface area (Å²) >= 11 is 0. The fraction of sp³-hybridized carbons (Fsp3) is 0.353. The van der Waals surface area contributed by atoms with Crippen LogP contribution in [0, 0.1) is 5.92 Å². The molecule has 0 unspecified atom stereocenters. The lowest BCUT2D eigenvalue weighted by atomic mass is 10.1. The topological polar surface area (TPSA) is 75.3 Å². The lowest BCUT2D eigenvalue weighted by molar-refractivity contribution is -0.116. The van der Waals surface area contributed by atoms with Gasteiger partial charge in [0.25, 0.3) is 0 Å². The summed E-state index contributed by atoms with van der Waals surface area (Å²) in [4.78, 5) is 11.9. The van der Waals surface area contributed by atoms with Gasteiger partial charge in [0.2, 0.25) is 15.9 Å². The van der Waals surface area contributed by atoms with E-state index in [1.807, 2.05) is 0 Å². The molecular formula is C17H22N2O3S. The minimum atomic E-state index is -3.36. The van der Waals surface area contributed by atoms with E-state index in [0.717, 1.165) is 12.8 Å². The molecule has 124 valence electrons. The Morgan fingerprint density at radius 2 is 2.04 bits per heavy atom. The molecule has 6 heteroatoms. The van der Waals surface area contributed by atoms with Crippen molar-refractivity contribution in [2.45, 2.75) is 25.0 Å². The number of carbonyl (C=O) groups is 1. The first-order valence-corrected chi connectivity index (χ1v) is 9.27. The average Bonchev–Trinajstić information content (AvgIpc) is 3.00. The number of hydrogen-bond acceptors (Lipinski definition) is 3. The molecule has 0 spiro atoms. The Kier molecular flexibility index (Phi) is 6.12. The monoisotopic (exact) mass is 334 g/mol. The van der Waals surface area contributed by atoms with Crippen molar-refractivity contribution in [2.75, 3.05) is 11.9 Å². The van der Waals surface area contributed by atoms with E-state index in [9.17, 15) is 13.2 Å². The van der Waals surface area contributed by atoms with Crippen LogP contribution in [0.15, 0.2) is 49.1 Å². The van der Waals surface area contributed by atoms with Gasteiger partial charge in [-0.25, -0.2) is 13.1 Å². The summed E-state index contributed by atoms with van der Waals surface area (Å²) in [5.41, 5.74) is 1.34. The number of rotatable bonds is 8. The number of benzene rings is 1. The Bertz CT molecular complexity index is 678. The van der Waals surface area contributed by atoms with E-state index in [1.54, 1.807) is 24.3 Å². The summed E-state index contributed by atoms with van der Waals surface area (Å²) in [5, 5.41) is 2.84. The summed E-state index contributed by atoms with van der Waals surface area (Å²) in [6.07, 6.45) is 8.24. The molecule has 1 atom stereocenters. The average molecular weight is 334 g/mol. The molecule has 0 aliphatic heterocycles. The van der Waals surface area contributed by atoms with Crippen LogP contribution in [0.5, 0.6) is 0 Å². The van der Waals surface area contributed by atoms with Crippen LogP contribution in [0.2, 0.25) is 0 Å². The van der Waals surface area contributed by atoms with Crippen LogP contribution in [0.1, 0.15) is 24.8 Å². The van der Waals surface area contributed by atoms with Gasteiger partial charge < -0.3 is 5.32 Å². The predicted molar refractivity (Wildman–Crippen MR) is 92.4 cm³/mol. The van der Waals surface area contributed by atoms with Crippen LogP contribution in [0.4, 0.5) is 5.69 Å². The molecule has 5 nitrogen and oxygen atoms in total. The van der Waals surface area contributed by atoms with Crippen molar-refractivity contribution >= 4 is 21.6 Å². The molecule has 1 aromatic rings. The molecule has 0 heterocycles. The Balaban J connectivity index is 1.87. The first kappa shape index (κ1) is 17.4. The Morgan fingerprint density at radius 1 is 1.30 bits per heavy atom. The minimum absolute atomic E-state index is 0.0189. The van der Waals surface area contributed by atoms with Crippen LogP contribution >= 0.6 is 0 Å². The first-order valence-electron chi connectivity index (χ1n) is 7.62. The fourth-order valence-electron chi connectivity index (χ4n) is 2.46. The second-order valence-electron chi connectivity index (χ2n) is 5.61. The van der Waals surface area contributed by atoms with Gasteiger partial charge in [-0.05, 0) is 36.5 Å². The highest BCUT2D eigenvalue weighted by atomic mass is 32.2. The van der Waals surface area contributed by atoms with Gasteiger partial charge in [0.05, 0.1) is 5.75 Å². The third kappa shape index (κ3) is 6.00. The van der Waals surface area contributed by atoms with E-state index in [1.165, 1.54) is 6.08 Å². The number of amides is 1. The van der Waals surface area contributed by atoms with E-state index in [0.29, 0.717) is 23.6 Å². The molecule has 0 saturated carbocycles. The maximum absolute atomic E-state index is 11.9. The van der Waals surface area contributed by atoms with Gasteiger partial charge in [-0.1, -0.05) is 30.4 Å².